The Balaban J connectivity index is 5.21. The third-order valence-corrected chi connectivity index (χ3v) is 8.02. The van der Waals surface area contributed by atoms with Gasteiger partial charge in [0, 0.05) is 0 Å². The van der Waals surface area contributed by atoms with Crippen LogP contribution in [0.2, 0.25) is 0 Å². The molecular formula is C10H14Br3Cl3. The van der Waals surface area contributed by atoms with E-state index >= 15 is 0 Å². The van der Waals surface area contributed by atoms with Gasteiger partial charge in [-0.3, -0.25) is 0 Å². The molecule has 0 saturated carbocycles. The van der Waals surface area contributed by atoms with Crippen LogP contribution in [0.5, 0.6) is 0 Å². The van der Waals surface area contributed by atoms with Crippen LogP contribution in [0.1, 0.15) is 33.6 Å². The van der Waals surface area contributed by atoms with Gasteiger partial charge in [0.25, 0.3) is 0 Å². The van der Waals surface area contributed by atoms with Gasteiger partial charge in [0.2, 0.25) is 0 Å². The van der Waals surface area contributed by atoms with E-state index in [9.17, 15) is 0 Å². The van der Waals surface area contributed by atoms with Gasteiger partial charge in [0.05, 0.1) is 12.7 Å². The summed E-state index contributed by atoms with van der Waals surface area (Å²) in [7, 11) is 0. The van der Waals surface area contributed by atoms with Crippen LogP contribution in [0.25, 0.3) is 0 Å². The van der Waals surface area contributed by atoms with E-state index < -0.39 is 9.21 Å². The second-order valence-electron chi connectivity index (χ2n) is 3.91. The molecule has 0 aromatic heterocycles. The number of rotatable bonds is 5. The first-order chi connectivity index (χ1) is 7.09. The Morgan fingerprint density at radius 3 is 1.94 bits per heavy atom. The molecule has 0 fully saturated rings. The predicted octanol–water partition coefficient (Wildman–Crippen LogP) is 6.95. The zero-order chi connectivity index (χ0) is 13.1. The Kier molecular flexibility index (Phi) is 7.90. The SMILES string of the molecule is CCCC(C)C(C)(Cl)C(Cl)(Cl)C(Br)=C(Br)Br. The molecule has 2 unspecified atom stereocenters. The lowest BCUT2D eigenvalue weighted by Gasteiger charge is -2.39. The second kappa shape index (κ2) is 7.00. The summed E-state index contributed by atoms with van der Waals surface area (Å²) in [4.78, 5) is -0.752. The first-order valence-corrected chi connectivity index (χ1v) is 8.38. The summed E-state index contributed by atoms with van der Waals surface area (Å²) in [6, 6.07) is 0. The minimum Gasteiger partial charge on any atom is -0.116 e. The van der Waals surface area contributed by atoms with Gasteiger partial charge in [-0.2, -0.15) is 0 Å². The monoisotopic (exact) mass is 476 g/mol. The molecule has 0 amide bonds. The normalized spacial score (nSPS) is 17.8. The highest BCUT2D eigenvalue weighted by Crippen LogP contribution is 2.53. The van der Waals surface area contributed by atoms with E-state index in [2.05, 4.69) is 61.6 Å². The van der Waals surface area contributed by atoms with Gasteiger partial charge in [-0.1, -0.05) is 59.4 Å². The van der Waals surface area contributed by atoms with Crippen LogP contribution >= 0.6 is 82.6 Å². The summed E-state index contributed by atoms with van der Waals surface area (Å²) in [6.07, 6.45) is 2.02. The zero-order valence-electron chi connectivity index (χ0n) is 9.26. The molecule has 0 heterocycles. The minimum absolute atomic E-state index is 0.195. The van der Waals surface area contributed by atoms with Crippen molar-refractivity contribution in [1.29, 1.82) is 0 Å². The Morgan fingerprint density at radius 1 is 1.19 bits per heavy atom. The minimum atomic E-state index is -1.19. The van der Waals surface area contributed by atoms with Gasteiger partial charge in [0.15, 0.2) is 4.33 Å². The van der Waals surface area contributed by atoms with Crippen LogP contribution in [0.4, 0.5) is 0 Å². The van der Waals surface area contributed by atoms with Crippen LogP contribution in [-0.4, -0.2) is 9.21 Å². The van der Waals surface area contributed by atoms with Gasteiger partial charge in [-0.15, -0.1) is 11.6 Å². The molecule has 96 valence electrons. The number of halogens is 6. The Morgan fingerprint density at radius 2 is 1.62 bits per heavy atom. The third kappa shape index (κ3) is 4.03. The molecule has 0 aromatic carbocycles. The first-order valence-electron chi connectivity index (χ1n) is 4.87. The lowest BCUT2D eigenvalue weighted by Crippen LogP contribution is -2.44. The fourth-order valence-electron chi connectivity index (χ4n) is 1.35. The van der Waals surface area contributed by atoms with Crippen LogP contribution in [0, 0.1) is 5.92 Å². The van der Waals surface area contributed by atoms with Crippen molar-refractivity contribution in [1.82, 2.24) is 0 Å². The van der Waals surface area contributed by atoms with E-state index in [1.165, 1.54) is 0 Å². The summed E-state index contributed by atoms with van der Waals surface area (Å²) >= 11 is 29.2. The second-order valence-corrected chi connectivity index (χ2v) is 9.47. The van der Waals surface area contributed by atoms with Gasteiger partial charge in [-0.05, 0) is 51.1 Å². The van der Waals surface area contributed by atoms with Gasteiger partial charge in [-0.25, -0.2) is 0 Å². The van der Waals surface area contributed by atoms with Gasteiger partial charge < -0.3 is 0 Å². The van der Waals surface area contributed by atoms with Crippen molar-refractivity contribution in [2.45, 2.75) is 42.8 Å². The number of allylic oxidation sites excluding steroid dienone is 1. The molecule has 0 bridgehead atoms. The topological polar surface area (TPSA) is 0 Å². The number of hydrogen-bond donors (Lipinski definition) is 0. The predicted molar refractivity (Wildman–Crippen MR) is 86.6 cm³/mol. The number of alkyl halides is 3. The molecule has 0 rings (SSSR count). The summed E-state index contributed by atoms with van der Waals surface area (Å²) in [6.45, 7) is 6.02. The molecule has 0 saturated heterocycles. The van der Waals surface area contributed by atoms with E-state index in [0.717, 1.165) is 12.8 Å². The van der Waals surface area contributed by atoms with Crippen molar-refractivity contribution < 1.29 is 0 Å². The van der Waals surface area contributed by atoms with Crippen LogP contribution in [-0.2, 0) is 0 Å². The summed E-state index contributed by atoms with van der Waals surface area (Å²) in [5.74, 6) is 0.195. The highest BCUT2D eigenvalue weighted by atomic mass is 79.9. The average molecular weight is 480 g/mol. The van der Waals surface area contributed by atoms with Crippen molar-refractivity contribution in [2.75, 3.05) is 0 Å². The molecule has 0 spiro atoms. The summed E-state index contributed by atoms with van der Waals surface area (Å²) < 4.78 is 0.0789. The van der Waals surface area contributed by atoms with Gasteiger partial charge >= 0.3 is 0 Å². The highest BCUT2D eigenvalue weighted by Gasteiger charge is 2.50. The smallest absolute Gasteiger partial charge is 0.116 e. The molecule has 0 aromatic rings. The largest absolute Gasteiger partial charge is 0.170 e. The van der Waals surface area contributed by atoms with Gasteiger partial charge in [0.1, 0.15) is 0 Å². The third-order valence-electron chi connectivity index (χ3n) is 2.70. The van der Waals surface area contributed by atoms with Crippen LogP contribution in [0.3, 0.4) is 0 Å². The molecule has 0 aliphatic carbocycles. The van der Waals surface area contributed by atoms with Crippen molar-refractivity contribution in [3.05, 3.63) is 7.87 Å². The Labute approximate surface area is 138 Å². The van der Waals surface area contributed by atoms with Crippen LogP contribution < -0.4 is 0 Å². The van der Waals surface area contributed by atoms with E-state index in [-0.39, 0.29) is 5.92 Å². The lowest BCUT2D eigenvalue weighted by molar-refractivity contribution is 0.382. The van der Waals surface area contributed by atoms with Crippen LogP contribution in [0.15, 0.2) is 7.87 Å². The molecular weight excluding hydrogens is 466 g/mol. The fourth-order valence-corrected chi connectivity index (χ4v) is 3.69. The molecule has 2 atom stereocenters. The molecule has 6 heteroatoms. The standard InChI is InChI=1S/C10H14Br3Cl3/c1-4-5-6(2)9(3,14)10(15,16)7(11)8(12)13/h6H,4-5H2,1-3H3. The first kappa shape index (κ1) is 18.0. The highest BCUT2D eigenvalue weighted by molar-refractivity contribution is 9.29. The Hall–Kier alpha value is 2.05. The summed E-state index contributed by atoms with van der Waals surface area (Å²) in [5, 5.41) is 0. The van der Waals surface area contributed by atoms with E-state index in [1.807, 2.05) is 6.92 Å². The molecule has 0 N–H and O–H groups in total. The maximum Gasteiger partial charge on any atom is 0.170 e. The molecule has 0 radical (unpaired) electrons. The maximum absolute atomic E-state index is 6.53. The molecule has 16 heavy (non-hydrogen) atoms. The van der Waals surface area contributed by atoms with Crippen molar-refractivity contribution >= 4 is 82.6 Å². The maximum atomic E-state index is 6.53. The fraction of sp³-hybridized carbons (Fsp3) is 0.800. The van der Waals surface area contributed by atoms with Crippen molar-refractivity contribution in [2.24, 2.45) is 5.92 Å². The number of hydrogen-bond acceptors (Lipinski definition) is 0. The Bertz CT molecular complexity index is 270. The van der Waals surface area contributed by atoms with E-state index in [4.69, 9.17) is 34.8 Å². The average Bonchev–Trinajstić information content (AvgIpc) is 2.16. The zero-order valence-corrected chi connectivity index (χ0v) is 16.3. The molecule has 0 aliphatic rings. The molecule has 0 aliphatic heterocycles. The van der Waals surface area contributed by atoms with E-state index in [1.54, 1.807) is 0 Å². The quantitative estimate of drug-likeness (QED) is 0.374. The molecule has 0 nitrogen and oxygen atoms in total. The van der Waals surface area contributed by atoms with E-state index in [0.29, 0.717) is 7.87 Å². The van der Waals surface area contributed by atoms with Crippen molar-refractivity contribution in [3.8, 4) is 0 Å². The van der Waals surface area contributed by atoms with Crippen molar-refractivity contribution in [3.63, 3.8) is 0 Å². The summed E-state index contributed by atoms with van der Waals surface area (Å²) in [5.41, 5.74) is 0. The lowest BCUT2D eigenvalue weighted by atomic mass is 9.87.